The van der Waals surface area contributed by atoms with Crippen LogP contribution in [0.15, 0.2) is 42.5 Å². The van der Waals surface area contributed by atoms with E-state index < -0.39 is 11.8 Å². The van der Waals surface area contributed by atoms with Crippen molar-refractivity contribution in [2.75, 3.05) is 10.6 Å². The summed E-state index contributed by atoms with van der Waals surface area (Å²) in [5, 5.41) is 6.32. The first-order valence-electron chi connectivity index (χ1n) is 10.2. The van der Waals surface area contributed by atoms with E-state index in [4.69, 9.17) is 16.3 Å². The fourth-order valence-electron chi connectivity index (χ4n) is 5.27. The molecule has 2 N–H and O–H groups in total. The van der Waals surface area contributed by atoms with Gasteiger partial charge < -0.3 is 15.4 Å². The van der Waals surface area contributed by atoms with Crippen LogP contribution in [-0.2, 0) is 14.3 Å². The molecule has 1 saturated heterocycles. The maximum Gasteiger partial charge on any atom is 0.310 e. The largest absolute Gasteiger partial charge is 0.461 e. The predicted molar refractivity (Wildman–Crippen MR) is 120 cm³/mol. The standard InChI is InChI=1S/C23H20BrClN2O4/c1-10-14(25)6-4-8-15(10)26-21(28)11-5-2-3-7-16(11)27-22(29)17-12-9-13-18(17)23(30)31-20(13)19(12)24/h2-8,12-13,17-20H,9H2,1H3,(H,26,28)(H,27,29)/t12-,13-,17-,18+,19+,20+/m1/s1. The molecule has 2 amide bonds. The van der Waals surface area contributed by atoms with Gasteiger partial charge in [0, 0.05) is 16.6 Å². The van der Waals surface area contributed by atoms with E-state index in [0.29, 0.717) is 22.0 Å². The highest BCUT2D eigenvalue weighted by Crippen LogP contribution is 2.60. The number of alkyl halides is 1. The van der Waals surface area contributed by atoms with Crippen molar-refractivity contribution in [2.24, 2.45) is 23.7 Å². The van der Waals surface area contributed by atoms with Gasteiger partial charge in [-0.15, -0.1) is 0 Å². The van der Waals surface area contributed by atoms with E-state index in [1.54, 1.807) is 42.5 Å². The molecule has 31 heavy (non-hydrogen) atoms. The zero-order valence-corrected chi connectivity index (χ0v) is 18.9. The summed E-state index contributed by atoms with van der Waals surface area (Å²) < 4.78 is 5.49. The van der Waals surface area contributed by atoms with Crippen molar-refractivity contribution >= 4 is 56.7 Å². The van der Waals surface area contributed by atoms with E-state index in [1.807, 2.05) is 6.92 Å². The Balaban J connectivity index is 1.38. The number of carbonyl (C=O) groups excluding carboxylic acids is 3. The van der Waals surface area contributed by atoms with Crippen molar-refractivity contribution < 1.29 is 19.1 Å². The Morgan fingerprint density at radius 3 is 2.61 bits per heavy atom. The minimum atomic E-state index is -0.466. The first-order chi connectivity index (χ1) is 14.9. The van der Waals surface area contributed by atoms with E-state index in [0.717, 1.165) is 12.0 Å². The minimum absolute atomic E-state index is 0.0136. The van der Waals surface area contributed by atoms with Crippen LogP contribution in [0.4, 0.5) is 11.4 Å². The number of hydrogen-bond acceptors (Lipinski definition) is 4. The van der Waals surface area contributed by atoms with Gasteiger partial charge in [0.05, 0.1) is 27.9 Å². The molecule has 2 saturated carbocycles. The topological polar surface area (TPSA) is 84.5 Å². The van der Waals surface area contributed by atoms with Gasteiger partial charge in [-0.2, -0.15) is 0 Å². The SMILES string of the molecule is Cc1c(Cl)cccc1NC(=O)c1ccccc1NC(=O)[C@@H]1[C@H]2C[C@H]3[C@H](OC(=O)[C@@H]31)[C@H]2Br. The molecule has 0 unspecified atom stereocenters. The molecule has 2 aromatic rings. The van der Waals surface area contributed by atoms with E-state index in [1.165, 1.54) is 0 Å². The molecule has 2 aliphatic carbocycles. The Hall–Kier alpha value is -2.38. The summed E-state index contributed by atoms with van der Waals surface area (Å²) in [6, 6.07) is 12.1. The Morgan fingerprint density at radius 1 is 1.06 bits per heavy atom. The third-order valence-electron chi connectivity index (χ3n) is 6.77. The lowest BCUT2D eigenvalue weighted by molar-refractivity contribution is -0.145. The number of esters is 1. The number of benzene rings is 2. The molecular formula is C23H20BrClN2O4. The van der Waals surface area contributed by atoms with Crippen LogP contribution in [0, 0.1) is 30.6 Å². The number of halogens is 2. The van der Waals surface area contributed by atoms with Crippen molar-refractivity contribution in [3.63, 3.8) is 0 Å². The van der Waals surface area contributed by atoms with Gasteiger partial charge in [-0.1, -0.05) is 45.7 Å². The Kier molecular flexibility index (Phi) is 5.06. The lowest BCUT2D eigenvalue weighted by atomic mass is 9.79. The summed E-state index contributed by atoms with van der Waals surface area (Å²) in [6.45, 7) is 1.82. The number of fused-ring (bicyclic) bond motifs is 1. The number of nitrogens with one attached hydrogen (secondary N) is 2. The maximum absolute atomic E-state index is 13.2. The molecule has 1 aliphatic heterocycles. The first-order valence-corrected chi connectivity index (χ1v) is 11.5. The van der Waals surface area contributed by atoms with Crippen LogP contribution >= 0.6 is 27.5 Å². The highest BCUT2D eigenvalue weighted by atomic mass is 79.9. The number of para-hydroxylation sites is 1. The van der Waals surface area contributed by atoms with Crippen LogP contribution in [-0.4, -0.2) is 28.7 Å². The minimum Gasteiger partial charge on any atom is -0.461 e. The number of rotatable bonds is 4. The normalized spacial score (nSPS) is 30.2. The third-order valence-corrected chi connectivity index (χ3v) is 8.38. The van der Waals surface area contributed by atoms with Crippen LogP contribution in [0.2, 0.25) is 5.02 Å². The summed E-state index contributed by atoms with van der Waals surface area (Å²) >= 11 is 9.78. The summed E-state index contributed by atoms with van der Waals surface area (Å²) in [5.41, 5.74) is 2.11. The molecule has 2 bridgehead atoms. The van der Waals surface area contributed by atoms with Crippen molar-refractivity contribution in [2.45, 2.75) is 24.3 Å². The molecule has 2 aromatic carbocycles. The van der Waals surface area contributed by atoms with Crippen molar-refractivity contribution in [1.82, 2.24) is 0 Å². The quantitative estimate of drug-likeness (QED) is 0.478. The average Bonchev–Trinajstić information content (AvgIpc) is 3.36. The average molecular weight is 504 g/mol. The molecule has 160 valence electrons. The van der Waals surface area contributed by atoms with Gasteiger partial charge in [-0.05, 0) is 49.1 Å². The third kappa shape index (κ3) is 3.26. The van der Waals surface area contributed by atoms with Gasteiger partial charge in [-0.25, -0.2) is 0 Å². The van der Waals surface area contributed by atoms with E-state index in [-0.39, 0.29) is 40.6 Å². The second kappa shape index (κ2) is 7.64. The molecule has 8 heteroatoms. The van der Waals surface area contributed by atoms with Gasteiger partial charge in [0.1, 0.15) is 6.10 Å². The zero-order chi connectivity index (χ0) is 21.9. The van der Waals surface area contributed by atoms with Gasteiger partial charge in [0.2, 0.25) is 5.91 Å². The molecule has 6 atom stereocenters. The summed E-state index contributed by atoms with van der Waals surface area (Å²) in [6.07, 6.45) is 0.663. The van der Waals surface area contributed by atoms with Crippen LogP contribution in [0.3, 0.4) is 0 Å². The van der Waals surface area contributed by atoms with Gasteiger partial charge in [0.25, 0.3) is 5.91 Å². The van der Waals surface area contributed by atoms with Crippen molar-refractivity contribution in [3.8, 4) is 0 Å². The molecule has 0 radical (unpaired) electrons. The van der Waals surface area contributed by atoms with Crippen LogP contribution in [0.25, 0.3) is 0 Å². The highest BCUT2D eigenvalue weighted by molar-refractivity contribution is 9.09. The number of carbonyl (C=O) groups is 3. The molecule has 5 rings (SSSR count). The predicted octanol–water partition coefficient (Wildman–Crippen LogP) is 4.41. The van der Waals surface area contributed by atoms with Gasteiger partial charge in [0.15, 0.2) is 0 Å². The highest BCUT2D eigenvalue weighted by Gasteiger charge is 2.67. The monoisotopic (exact) mass is 502 g/mol. The number of ether oxygens (including phenoxy) is 1. The molecule has 3 aliphatic rings. The number of hydrogen-bond donors (Lipinski definition) is 2. The van der Waals surface area contributed by atoms with Crippen LogP contribution < -0.4 is 10.6 Å². The smallest absolute Gasteiger partial charge is 0.310 e. The molecule has 1 heterocycles. The Labute approximate surface area is 192 Å². The molecular weight excluding hydrogens is 484 g/mol. The first kappa shape index (κ1) is 20.5. The van der Waals surface area contributed by atoms with E-state index in [2.05, 4.69) is 26.6 Å². The molecule has 6 nitrogen and oxygen atoms in total. The van der Waals surface area contributed by atoms with Crippen LogP contribution in [0.1, 0.15) is 22.3 Å². The fourth-order valence-corrected chi connectivity index (χ4v) is 6.49. The lowest BCUT2D eigenvalue weighted by Crippen LogP contribution is -2.40. The lowest BCUT2D eigenvalue weighted by Gasteiger charge is -2.27. The molecule has 3 fully saturated rings. The summed E-state index contributed by atoms with van der Waals surface area (Å²) in [5.74, 6) is -1.64. The number of amides is 2. The summed E-state index contributed by atoms with van der Waals surface area (Å²) in [4.78, 5) is 38.5. The summed E-state index contributed by atoms with van der Waals surface area (Å²) in [7, 11) is 0. The maximum atomic E-state index is 13.2. The molecule has 0 aromatic heterocycles. The number of anilines is 2. The van der Waals surface area contributed by atoms with E-state index >= 15 is 0 Å². The second-order valence-electron chi connectivity index (χ2n) is 8.36. The second-order valence-corrected chi connectivity index (χ2v) is 9.83. The fraction of sp³-hybridized carbons (Fsp3) is 0.348. The van der Waals surface area contributed by atoms with Gasteiger partial charge in [-0.3, -0.25) is 14.4 Å². The van der Waals surface area contributed by atoms with Crippen LogP contribution in [0.5, 0.6) is 0 Å². The van der Waals surface area contributed by atoms with E-state index in [9.17, 15) is 14.4 Å². The zero-order valence-electron chi connectivity index (χ0n) is 16.6. The van der Waals surface area contributed by atoms with Crippen molar-refractivity contribution in [3.05, 3.63) is 58.6 Å². The Bertz CT molecular complexity index is 1110. The Morgan fingerprint density at radius 2 is 1.81 bits per heavy atom. The molecule has 0 spiro atoms. The van der Waals surface area contributed by atoms with Crippen molar-refractivity contribution in [1.29, 1.82) is 0 Å². The van der Waals surface area contributed by atoms with Gasteiger partial charge >= 0.3 is 5.97 Å².